The lowest BCUT2D eigenvalue weighted by atomic mass is 9.96. The maximum atomic E-state index is 5.14. The minimum absolute atomic E-state index is 0.255. The third-order valence-electron chi connectivity index (χ3n) is 4.03. The molecule has 0 aliphatic heterocycles. The van der Waals surface area contributed by atoms with Gasteiger partial charge in [0.2, 0.25) is 0 Å². The average Bonchev–Trinajstić information content (AvgIpc) is 3.25. The molecule has 0 radical (unpaired) electrons. The summed E-state index contributed by atoms with van der Waals surface area (Å²) in [7, 11) is 3.53. The molecule has 1 aromatic carbocycles. The summed E-state index contributed by atoms with van der Waals surface area (Å²) in [5.41, 5.74) is 1.83. The molecular weight excluding hydrogens is 262 g/mol. The minimum atomic E-state index is 0.255. The monoisotopic (exact) mass is 289 g/mol. The Labute approximate surface area is 128 Å². The maximum absolute atomic E-state index is 5.14. The second-order valence-electron chi connectivity index (χ2n) is 6.09. The summed E-state index contributed by atoms with van der Waals surface area (Å²) in [5, 5.41) is 6.81. The van der Waals surface area contributed by atoms with Gasteiger partial charge in [0.05, 0.1) is 6.61 Å². The first-order chi connectivity index (χ1) is 10.2. The highest BCUT2D eigenvalue weighted by Gasteiger charge is 2.42. The van der Waals surface area contributed by atoms with Gasteiger partial charge in [-0.1, -0.05) is 30.3 Å². The van der Waals surface area contributed by atoms with E-state index < -0.39 is 0 Å². The minimum Gasteiger partial charge on any atom is -0.383 e. The highest BCUT2D eigenvalue weighted by atomic mass is 16.5. The zero-order valence-electron chi connectivity index (χ0n) is 13.4. The van der Waals surface area contributed by atoms with Crippen LogP contribution in [0.2, 0.25) is 0 Å². The Hall–Kier alpha value is -1.55. The number of rotatable bonds is 7. The number of hydrogen-bond donors (Lipinski definition) is 2. The van der Waals surface area contributed by atoms with Gasteiger partial charge in [0.25, 0.3) is 0 Å². The van der Waals surface area contributed by atoms with Gasteiger partial charge in [0, 0.05) is 26.7 Å². The second-order valence-corrected chi connectivity index (χ2v) is 6.09. The summed E-state index contributed by atoms with van der Waals surface area (Å²) < 4.78 is 5.14. The average molecular weight is 289 g/mol. The summed E-state index contributed by atoms with van der Waals surface area (Å²) in [6, 6.07) is 11.0. The number of benzene rings is 1. The van der Waals surface area contributed by atoms with Crippen LogP contribution >= 0.6 is 0 Å². The Morgan fingerprint density at radius 1 is 1.33 bits per heavy atom. The predicted molar refractivity (Wildman–Crippen MR) is 87.6 cm³/mol. The largest absolute Gasteiger partial charge is 0.383 e. The van der Waals surface area contributed by atoms with E-state index in [1.807, 2.05) is 7.05 Å². The topological polar surface area (TPSA) is 45.7 Å². The molecule has 2 N–H and O–H groups in total. The summed E-state index contributed by atoms with van der Waals surface area (Å²) in [4.78, 5) is 4.29. The first kappa shape index (κ1) is 15.8. The smallest absolute Gasteiger partial charge is 0.191 e. The number of hydrogen-bond acceptors (Lipinski definition) is 2. The van der Waals surface area contributed by atoms with Crippen molar-refractivity contribution in [3.05, 3.63) is 35.9 Å². The van der Waals surface area contributed by atoms with Gasteiger partial charge < -0.3 is 15.4 Å². The van der Waals surface area contributed by atoms with Crippen LogP contribution in [0.3, 0.4) is 0 Å². The molecule has 4 nitrogen and oxygen atoms in total. The third-order valence-corrected chi connectivity index (χ3v) is 4.03. The molecule has 0 aromatic heterocycles. The lowest BCUT2D eigenvalue weighted by Crippen LogP contribution is -2.45. The second kappa shape index (κ2) is 7.46. The normalized spacial score (nSPS) is 18.1. The van der Waals surface area contributed by atoms with Crippen molar-refractivity contribution in [2.24, 2.45) is 10.4 Å². The van der Waals surface area contributed by atoms with E-state index in [-0.39, 0.29) is 6.04 Å². The summed E-state index contributed by atoms with van der Waals surface area (Å²) in [6.45, 7) is 3.74. The third kappa shape index (κ3) is 5.05. The number of ether oxygens (including phenoxy) is 1. The molecule has 1 atom stereocenters. The van der Waals surface area contributed by atoms with Crippen molar-refractivity contribution in [3.63, 3.8) is 0 Å². The van der Waals surface area contributed by atoms with Gasteiger partial charge in [-0.05, 0) is 37.2 Å². The van der Waals surface area contributed by atoms with Crippen molar-refractivity contribution in [3.8, 4) is 0 Å². The Bertz CT molecular complexity index is 454. The Balaban J connectivity index is 1.81. The molecule has 0 spiro atoms. The number of guanidine groups is 1. The SMILES string of the molecule is CN=C(NCC1(Cc2ccccc2)CC1)NC(C)COC. The van der Waals surface area contributed by atoms with Gasteiger partial charge in [-0.3, -0.25) is 4.99 Å². The number of aliphatic imine (C=N–C) groups is 1. The van der Waals surface area contributed by atoms with E-state index in [4.69, 9.17) is 4.74 Å². The molecule has 1 fully saturated rings. The van der Waals surface area contributed by atoms with Gasteiger partial charge in [0.1, 0.15) is 0 Å². The van der Waals surface area contributed by atoms with E-state index in [9.17, 15) is 0 Å². The van der Waals surface area contributed by atoms with Gasteiger partial charge in [0.15, 0.2) is 5.96 Å². The Kier molecular flexibility index (Phi) is 5.62. The molecule has 1 aromatic rings. The summed E-state index contributed by atoms with van der Waals surface area (Å²) >= 11 is 0. The molecule has 0 heterocycles. The molecule has 0 bridgehead atoms. The van der Waals surface area contributed by atoms with E-state index in [0.717, 1.165) is 18.9 Å². The zero-order chi connectivity index (χ0) is 15.1. The number of methoxy groups -OCH3 is 1. The molecule has 21 heavy (non-hydrogen) atoms. The molecule has 0 amide bonds. The van der Waals surface area contributed by atoms with Crippen LogP contribution in [0.1, 0.15) is 25.3 Å². The molecular formula is C17H27N3O. The van der Waals surface area contributed by atoms with Gasteiger partial charge in [-0.2, -0.15) is 0 Å². The first-order valence-electron chi connectivity index (χ1n) is 7.67. The van der Waals surface area contributed by atoms with Crippen LogP contribution in [0.15, 0.2) is 35.3 Å². The van der Waals surface area contributed by atoms with Crippen molar-refractivity contribution in [2.75, 3.05) is 27.3 Å². The highest BCUT2D eigenvalue weighted by Crippen LogP contribution is 2.47. The molecule has 4 heteroatoms. The number of nitrogens with zero attached hydrogens (tertiary/aromatic N) is 1. The molecule has 1 aliphatic rings. The zero-order valence-corrected chi connectivity index (χ0v) is 13.4. The molecule has 0 saturated heterocycles. The number of nitrogens with one attached hydrogen (secondary N) is 2. The van der Waals surface area contributed by atoms with Crippen LogP contribution in [0.4, 0.5) is 0 Å². The van der Waals surface area contributed by atoms with Crippen molar-refractivity contribution < 1.29 is 4.74 Å². The summed E-state index contributed by atoms with van der Waals surface area (Å²) in [5.74, 6) is 0.860. The van der Waals surface area contributed by atoms with Crippen LogP contribution in [0, 0.1) is 5.41 Å². The van der Waals surface area contributed by atoms with E-state index in [2.05, 4.69) is 52.9 Å². The van der Waals surface area contributed by atoms with Crippen LogP contribution in [0.5, 0.6) is 0 Å². The van der Waals surface area contributed by atoms with Crippen LogP contribution in [0.25, 0.3) is 0 Å². The van der Waals surface area contributed by atoms with Crippen LogP contribution in [-0.2, 0) is 11.2 Å². The molecule has 1 saturated carbocycles. The Morgan fingerprint density at radius 2 is 2.05 bits per heavy atom. The van der Waals surface area contributed by atoms with Crippen molar-refractivity contribution in [2.45, 2.75) is 32.2 Å². The lowest BCUT2D eigenvalue weighted by Gasteiger charge is -2.21. The highest BCUT2D eigenvalue weighted by molar-refractivity contribution is 5.80. The lowest BCUT2D eigenvalue weighted by molar-refractivity contribution is 0.179. The van der Waals surface area contributed by atoms with Gasteiger partial charge >= 0.3 is 0 Å². The maximum Gasteiger partial charge on any atom is 0.191 e. The van der Waals surface area contributed by atoms with Gasteiger partial charge in [-0.15, -0.1) is 0 Å². The van der Waals surface area contributed by atoms with Crippen molar-refractivity contribution >= 4 is 5.96 Å². The quantitative estimate of drug-likeness (QED) is 0.597. The van der Waals surface area contributed by atoms with Crippen molar-refractivity contribution in [1.29, 1.82) is 0 Å². The van der Waals surface area contributed by atoms with Crippen LogP contribution < -0.4 is 10.6 Å². The fourth-order valence-electron chi connectivity index (χ4n) is 2.61. The molecule has 1 aliphatic carbocycles. The fraction of sp³-hybridized carbons (Fsp3) is 0.588. The van der Waals surface area contributed by atoms with E-state index in [0.29, 0.717) is 12.0 Å². The van der Waals surface area contributed by atoms with E-state index in [1.54, 1.807) is 7.11 Å². The van der Waals surface area contributed by atoms with Crippen molar-refractivity contribution in [1.82, 2.24) is 10.6 Å². The standard InChI is InChI=1S/C17H27N3O/c1-14(12-21-3)20-16(18-2)19-13-17(9-10-17)11-15-7-5-4-6-8-15/h4-8,14H,9-13H2,1-3H3,(H2,18,19,20). The van der Waals surface area contributed by atoms with E-state index in [1.165, 1.54) is 18.4 Å². The molecule has 116 valence electrons. The summed E-state index contributed by atoms with van der Waals surface area (Å²) in [6.07, 6.45) is 3.73. The predicted octanol–water partition coefficient (Wildman–Crippen LogP) is 2.21. The fourth-order valence-corrected chi connectivity index (χ4v) is 2.61. The molecule has 2 rings (SSSR count). The molecule has 1 unspecified atom stereocenters. The van der Waals surface area contributed by atoms with Crippen LogP contribution in [-0.4, -0.2) is 39.3 Å². The Morgan fingerprint density at radius 3 is 2.62 bits per heavy atom. The van der Waals surface area contributed by atoms with E-state index >= 15 is 0 Å². The van der Waals surface area contributed by atoms with Gasteiger partial charge in [-0.25, -0.2) is 0 Å². The first-order valence-corrected chi connectivity index (χ1v) is 7.67.